The number of ether oxygens (including phenoxy) is 1. The summed E-state index contributed by atoms with van der Waals surface area (Å²) < 4.78 is 5.40. The van der Waals surface area contributed by atoms with Gasteiger partial charge in [0.25, 0.3) is 0 Å². The van der Waals surface area contributed by atoms with Gasteiger partial charge in [-0.05, 0) is 33.6 Å². The first-order chi connectivity index (χ1) is 8.31. The maximum Gasteiger partial charge on any atom is 0.410 e. The van der Waals surface area contributed by atoms with E-state index in [4.69, 9.17) is 4.74 Å². The van der Waals surface area contributed by atoms with Crippen molar-refractivity contribution < 1.29 is 9.53 Å². The molecule has 1 atom stereocenters. The summed E-state index contributed by atoms with van der Waals surface area (Å²) in [6.45, 7) is 10.1. The average molecular weight is 257 g/mol. The summed E-state index contributed by atoms with van der Waals surface area (Å²) in [5.41, 5.74) is -0.411. The molecule has 0 heterocycles. The van der Waals surface area contributed by atoms with Crippen LogP contribution < -0.4 is 0 Å². The van der Waals surface area contributed by atoms with Crippen molar-refractivity contribution in [2.24, 2.45) is 0 Å². The SMILES string of the molecule is CCCCCCC(CC)N(C)C(=O)OC(C)(C)C. The van der Waals surface area contributed by atoms with Gasteiger partial charge < -0.3 is 9.64 Å². The molecule has 1 unspecified atom stereocenters. The third-order valence-corrected chi connectivity index (χ3v) is 3.09. The predicted molar refractivity (Wildman–Crippen MR) is 76.8 cm³/mol. The Kier molecular flexibility index (Phi) is 8.05. The molecule has 0 N–H and O–H groups in total. The Balaban J connectivity index is 4.16. The van der Waals surface area contributed by atoms with Crippen molar-refractivity contribution in [3.05, 3.63) is 0 Å². The lowest BCUT2D eigenvalue weighted by Gasteiger charge is -2.30. The number of hydrogen-bond acceptors (Lipinski definition) is 2. The van der Waals surface area contributed by atoms with Gasteiger partial charge in [0.05, 0.1) is 0 Å². The molecule has 0 aliphatic carbocycles. The van der Waals surface area contributed by atoms with E-state index in [0.29, 0.717) is 6.04 Å². The molecule has 3 heteroatoms. The van der Waals surface area contributed by atoms with Crippen LogP contribution in [0.1, 0.15) is 73.1 Å². The second-order valence-electron chi connectivity index (χ2n) is 6.00. The van der Waals surface area contributed by atoms with Crippen LogP contribution in [0.15, 0.2) is 0 Å². The summed E-state index contributed by atoms with van der Waals surface area (Å²) in [6.07, 6.45) is 6.85. The van der Waals surface area contributed by atoms with Gasteiger partial charge >= 0.3 is 6.09 Å². The minimum Gasteiger partial charge on any atom is -0.444 e. The van der Waals surface area contributed by atoms with Crippen LogP contribution in [-0.2, 0) is 4.74 Å². The van der Waals surface area contributed by atoms with E-state index in [2.05, 4.69) is 13.8 Å². The molecule has 1 amide bonds. The molecule has 0 aromatic rings. The number of rotatable bonds is 7. The van der Waals surface area contributed by atoms with Crippen LogP contribution in [-0.4, -0.2) is 29.7 Å². The third kappa shape index (κ3) is 7.57. The first-order valence-electron chi connectivity index (χ1n) is 7.27. The molecule has 18 heavy (non-hydrogen) atoms. The number of amides is 1. The minimum absolute atomic E-state index is 0.204. The topological polar surface area (TPSA) is 29.5 Å². The largest absolute Gasteiger partial charge is 0.444 e. The molecule has 0 aromatic carbocycles. The Hall–Kier alpha value is -0.730. The molecule has 0 fully saturated rings. The fourth-order valence-corrected chi connectivity index (χ4v) is 1.96. The van der Waals surface area contributed by atoms with Crippen LogP contribution in [0, 0.1) is 0 Å². The van der Waals surface area contributed by atoms with Gasteiger partial charge in [-0.3, -0.25) is 0 Å². The quantitative estimate of drug-likeness (QED) is 0.624. The highest BCUT2D eigenvalue weighted by molar-refractivity contribution is 5.68. The molecule has 0 aromatic heterocycles. The third-order valence-electron chi connectivity index (χ3n) is 3.09. The molecular formula is C15H31NO2. The Morgan fingerprint density at radius 3 is 2.22 bits per heavy atom. The van der Waals surface area contributed by atoms with Gasteiger partial charge in [0.15, 0.2) is 0 Å². The summed E-state index contributed by atoms with van der Waals surface area (Å²) in [5.74, 6) is 0. The maximum absolute atomic E-state index is 12.0. The van der Waals surface area contributed by atoms with Crippen molar-refractivity contribution in [1.82, 2.24) is 4.90 Å². The van der Waals surface area contributed by atoms with Crippen LogP contribution >= 0.6 is 0 Å². The molecular weight excluding hydrogens is 226 g/mol. The van der Waals surface area contributed by atoms with E-state index in [1.807, 2.05) is 27.8 Å². The second kappa shape index (κ2) is 8.39. The molecule has 108 valence electrons. The molecule has 0 rings (SSSR count). The Morgan fingerprint density at radius 1 is 1.17 bits per heavy atom. The van der Waals surface area contributed by atoms with Crippen molar-refractivity contribution >= 4 is 6.09 Å². The smallest absolute Gasteiger partial charge is 0.410 e. The van der Waals surface area contributed by atoms with Crippen molar-refractivity contribution in [1.29, 1.82) is 0 Å². The fourth-order valence-electron chi connectivity index (χ4n) is 1.96. The van der Waals surface area contributed by atoms with Crippen LogP contribution in [0.5, 0.6) is 0 Å². The zero-order valence-electron chi connectivity index (χ0n) is 13.1. The average Bonchev–Trinajstić information content (AvgIpc) is 2.26. The van der Waals surface area contributed by atoms with E-state index in [1.165, 1.54) is 25.7 Å². The standard InChI is InChI=1S/C15H31NO2/c1-7-9-10-11-12-13(8-2)16(6)14(17)18-15(3,4)5/h13H,7-12H2,1-6H3. The number of carbonyl (C=O) groups is 1. The van der Waals surface area contributed by atoms with Gasteiger partial charge in [0.2, 0.25) is 0 Å². The van der Waals surface area contributed by atoms with E-state index in [1.54, 1.807) is 4.90 Å². The predicted octanol–water partition coefficient (Wildman–Crippen LogP) is 4.60. The normalized spacial score (nSPS) is 13.2. The van der Waals surface area contributed by atoms with Crippen LogP contribution in [0.3, 0.4) is 0 Å². The first-order valence-corrected chi connectivity index (χ1v) is 7.27. The number of hydrogen-bond donors (Lipinski definition) is 0. The van der Waals surface area contributed by atoms with Crippen LogP contribution in [0.25, 0.3) is 0 Å². The highest BCUT2D eigenvalue weighted by atomic mass is 16.6. The Labute approximate surface area is 113 Å². The molecule has 0 saturated carbocycles. The van der Waals surface area contributed by atoms with Gasteiger partial charge in [-0.1, -0.05) is 39.5 Å². The van der Waals surface area contributed by atoms with Gasteiger partial charge in [-0.25, -0.2) is 4.79 Å². The Morgan fingerprint density at radius 2 is 1.78 bits per heavy atom. The molecule has 0 saturated heterocycles. The van der Waals surface area contributed by atoms with Gasteiger partial charge in [0, 0.05) is 13.1 Å². The molecule has 0 bridgehead atoms. The zero-order valence-corrected chi connectivity index (χ0v) is 13.1. The second-order valence-corrected chi connectivity index (χ2v) is 6.00. The molecule has 0 radical (unpaired) electrons. The molecule has 0 spiro atoms. The van der Waals surface area contributed by atoms with E-state index >= 15 is 0 Å². The summed E-state index contributed by atoms with van der Waals surface area (Å²) in [7, 11) is 1.85. The molecule has 0 aliphatic heterocycles. The van der Waals surface area contributed by atoms with E-state index in [-0.39, 0.29) is 6.09 Å². The van der Waals surface area contributed by atoms with Gasteiger partial charge in [-0.2, -0.15) is 0 Å². The van der Waals surface area contributed by atoms with Crippen LogP contribution in [0.4, 0.5) is 4.79 Å². The zero-order chi connectivity index (χ0) is 14.2. The lowest BCUT2D eigenvalue weighted by atomic mass is 10.0. The number of nitrogens with zero attached hydrogens (tertiary/aromatic N) is 1. The van der Waals surface area contributed by atoms with Crippen molar-refractivity contribution in [3.8, 4) is 0 Å². The molecule has 0 aliphatic rings. The minimum atomic E-state index is -0.411. The van der Waals surface area contributed by atoms with Gasteiger partial charge in [0.1, 0.15) is 5.60 Å². The highest BCUT2D eigenvalue weighted by Gasteiger charge is 2.23. The van der Waals surface area contributed by atoms with E-state index in [9.17, 15) is 4.79 Å². The first kappa shape index (κ1) is 17.3. The Bertz CT molecular complexity index is 233. The lowest BCUT2D eigenvalue weighted by molar-refractivity contribution is 0.0208. The monoisotopic (exact) mass is 257 g/mol. The lowest BCUT2D eigenvalue weighted by Crippen LogP contribution is -2.40. The number of carbonyl (C=O) groups excluding carboxylic acids is 1. The number of unbranched alkanes of at least 4 members (excludes halogenated alkanes) is 3. The summed E-state index contributed by atoms with van der Waals surface area (Å²) in [5, 5.41) is 0. The van der Waals surface area contributed by atoms with E-state index in [0.717, 1.165) is 12.8 Å². The van der Waals surface area contributed by atoms with Crippen LogP contribution in [0.2, 0.25) is 0 Å². The fraction of sp³-hybridized carbons (Fsp3) is 0.933. The maximum atomic E-state index is 12.0. The summed E-state index contributed by atoms with van der Waals surface area (Å²) in [4.78, 5) is 13.7. The molecule has 3 nitrogen and oxygen atoms in total. The van der Waals surface area contributed by atoms with Crippen molar-refractivity contribution in [3.63, 3.8) is 0 Å². The summed E-state index contributed by atoms with van der Waals surface area (Å²) in [6, 6.07) is 0.303. The summed E-state index contributed by atoms with van der Waals surface area (Å²) >= 11 is 0. The van der Waals surface area contributed by atoms with Gasteiger partial charge in [-0.15, -0.1) is 0 Å². The van der Waals surface area contributed by atoms with Crippen molar-refractivity contribution in [2.45, 2.75) is 84.8 Å². The highest BCUT2D eigenvalue weighted by Crippen LogP contribution is 2.16. The van der Waals surface area contributed by atoms with Crippen molar-refractivity contribution in [2.75, 3.05) is 7.05 Å². The van der Waals surface area contributed by atoms with E-state index < -0.39 is 5.60 Å².